The molecule has 1 aliphatic heterocycles. The van der Waals surface area contributed by atoms with E-state index in [4.69, 9.17) is 5.73 Å². The van der Waals surface area contributed by atoms with E-state index in [1.54, 1.807) is 47.0 Å². The monoisotopic (exact) mass is 343 g/mol. The number of anilines is 1. The summed E-state index contributed by atoms with van der Waals surface area (Å²) in [5.74, 6) is 0.627. The summed E-state index contributed by atoms with van der Waals surface area (Å²) in [5.41, 5.74) is 7.90. The number of fused-ring (bicyclic) bond motifs is 1. The van der Waals surface area contributed by atoms with Gasteiger partial charge in [0.2, 0.25) is 10.0 Å². The molecule has 0 saturated carbocycles. The molecule has 1 aliphatic rings. The van der Waals surface area contributed by atoms with E-state index in [-0.39, 0.29) is 0 Å². The molecule has 0 radical (unpaired) electrons. The van der Waals surface area contributed by atoms with Crippen molar-refractivity contribution in [1.82, 2.24) is 18.9 Å². The fourth-order valence-electron chi connectivity index (χ4n) is 2.96. The molecule has 2 aromatic heterocycles. The third-order valence-corrected chi connectivity index (χ3v) is 6.15. The molecule has 0 atom stereocenters. The lowest BCUT2D eigenvalue weighted by Crippen LogP contribution is -2.27. The minimum atomic E-state index is -3.40. The average molecular weight is 343 g/mol. The molecule has 1 fully saturated rings. The van der Waals surface area contributed by atoms with Crippen LogP contribution in [0.2, 0.25) is 0 Å². The second kappa shape index (κ2) is 5.57. The molecule has 3 aromatic rings. The number of pyridine rings is 1. The SMILES string of the molecule is Nc1ccc2nnc(-c3ccc(S(=O)(=O)N4CCCC4)cc3)n2c1. The van der Waals surface area contributed by atoms with Crippen molar-refractivity contribution in [3.63, 3.8) is 0 Å². The Kier molecular flexibility index (Phi) is 3.50. The Bertz CT molecular complexity index is 989. The van der Waals surface area contributed by atoms with Gasteiger partial charge in [0, 0.05) is 30.5 Å². The van der Waals surface area contributed by atoms with Gasteiger partial charge in [-0.15, -0.1) is 10.2 Å². The summed E-state index contributed by atoms with van der Waals surface area (Å²) in [5, 5.41) is 8.27. The zero-order chi connectivity index (χ0) is 16.7. The molecule has 0 aliphatic carbocycles. The minimum absolute atomic E-state index is 0.307. The normalized spacial score (nSPS) is 16.0. The lowest BCUT2D eigenvalue weighted by atomic mass is 10.2. The van der Waals surface area contributed by atoms with Gasteiger partial charge in [0.15, 0.2) is 11.5 Å². The van der Waals surface area contributed by atoms with Crippen molar-refractivity contribution in [2.24, 2.45) is 0 Å². The van der Waals surface area contributed by atoms with Gasteiger partial charge in [0.05, 0.1) is 4.90 Å². The molecular weight excluding hydrogens is 326 g/mol. The highest BCUT2D eigenvalue weighted by molar-refractivity contribution is 7.89. The van der Waals surface area contributed by atoms with Crippen molar-refractivity contribution in [2.75, 3.05) is 18.8 Å². The van der Waals surface area contributed by atoms with E-state index < -0.39 is 10.0 Å². The first kappa shape index (κ1) is 15.1. The van der Waals surface area contributed by atoms with Crippen molar-refractivity contribution in [3.05, 3.63) is 42.6 Å². The molecule has 0 spiro atoms. The van der Waals surface area contributed by atoms with Crippen molar-refractivity contribution in [2.45, 2.75) is 17.7 Å². The van der Waals surface area contributed by atoms with Crippen molar-refractivity contribution < 1.29 is 8.42 Å². The van der Waals surface area contributed by atoms with E-state index in [0.717, 1.165) is 18.4 Å². The van der Waals surface area contributed by atoms with Gasteiger partial charge in [-0.25, -0.2) is 8.42 Å². The summed E-state index contributed by atoms with van der Waals surface area (Å²) in [7, 11) is -3.40. The van der Waals surface area contributed by atoms with Gasteiger partial charge >= 0.3 is 0 Å². The van der Waals surface area contributed by atoms with Crippen molar-refractivity contribution >= 4 is 21.4 Å². The zero-order valence-electron chi connectivity index (χ0n) is 13.0. The maximum atomic E-state index is 12.6. The van der Waals surface area contributed by atoms with E-state index in [1.807, 2.05) is 0 Å². The van der Waals surface area contributed by atoms with Crippen molar-refractivity contribution in [1.29, 1.82) is 0 Å². The van der Waals surface area contributed by atoms with Crippen LogP contribution >= 0.6 is 0 Å². The number of benzene rings is 1. The quantitative estimate of drug-likeness (QED) is 0.782. The predicted molar refractivity (Wildman–Crippen MR) is 90.8 cm³/mol. The second-order valence-electron chi connectivity index (χ2n) is 5.85. The minimum Gasteiger partial charge on any atom is -0.398 e. The van der Waals surface area contributed by atoms with E-state index in [2.05, 4.69) is 10.2 Å². The Morgan fingerprint density at radius 2 is 1.67 bits per heavy atom. The summed E-state index contributed by atoms with van der Waals surface area (Å²) in [6.45, 7) is 1.19. The van der Waals surface area contributed by atoms with Crippen LogP contribution < -0.4 is 5.73 Å². The average Bonchev–Trinajstić information content (AvgIpc) is 3.25. The van der Waals surface area contributed by atoms with Crippen LogP contribution in [0.25, 0.3) is 17.0 Å². The molecular formula is C16H17N5O2S. The Labute approximate surface area is 139 Å². The van der Waals surface area contributed by atoms with Crippen LogP contribution in [0, 0.1) is 0 Å². The molecule has 1 aromatic carbocycles. The van der Waals surface area contributed by atoms with Gasteiger partial charge in [0.25, 0.3) is 0 Å². The van der Waals surface area contributed by atoms with Crippen molar-refractivity contribution in [3.8, 4) is 11.4 Å². The molecule has 0 bridgehead atoms. The van der Waals surface area contributed by atoms with Crippen LogP contribution in [-0.4, -0.2) is 40.4 Å². The maximum absolute atomic E-state index is 12.6. The van der Waals surface area contributed by atoms with Gasteiger partial charge in [-0.05, 0) is 49.2 Å². The fourth-order valence-corrected chi connectivity index (χ4v) is 4.47. The molecule has 2 N–H and O–H groups in total. The third-order valence-electron chi connectivity index (χ3n) is 4.24. The maximum Gasteiger partial charge on any atom is 0.243 e. The van der Waals surface area contributed by atoms with Crippen LogP contribution in [0.15, 0.2) is 47.5 Å². The van der Waals surface area contributed by atoms with E-state index in [0.29, 0.717) is 35.1 Å². The van der Waals surface area contributed by atoms with Crippen LogP contribution in [0.4, 0.5) is 5.69 Å². The number of aromatic nitrogens is 3. The third kappa shape index (κ3) is 2.44. The van der Waals surface area contributed by atoms with E-state index >= 15 is 0 Å². The summed E-state index contributed by atoms with van der Waals surface area (Å²) in [6.07, 6.45) is 3.59. The number of sulfonamides is 1. The molecule has 0 unspecified atom stereocenters. The molecule has 8 heteroatoms. The van der Waals surface area contributed by atoms with Gasteiger partial charge < -0.3 is 5.73 Å². The van der Waals surface area contributed by atoms with Crippen LogP contribution in [0.5, 0.6) is 0 Å². The number of hydrogen-bond acceptors (Lipinski definition) is 5. The highest BCUT2D eigenvalue weighted by Crippen LogP contribution is 2.24. The Morgan fingerprint density at radius 3 is 2.38 bits per heavy atom. The molecule has 24 heavy (non-hydrogen) atoms. The molecule has 124 valence electrons. The lowest BCUT2D eigenvalue weighted by molar-refractivity contribution is 0.477. The Morgan fingerprint density at radius 1 is 0.958 bits per heavy atom. The topological polar surface area (TPSA) is 93.6 Å². The molecule has 3 heterocycles. The Hall–Kier alpha value is -2.45. The fraction of sp³-hybridized carbons (Fsp3) is 0.250. The summed E-state index contributed by atoms with van der Waals surface area (Å²) >= 11 is 0. The second-order valence-corrected chi connectivity index (χ2v) is 7.79. The first-order valence-corrected chi connectivity index (χ1v) is 9.20. The first-order chi connectivity index (χ1) is 11.6. The van der Waals surface area contributed by atoms with Gasteiger partial charge in [-0.2, -0.15) is 4.31 Å². The Balaban J connectivity index is 1.72. The van der Waals surface area contributed by atoms with Crippen LogP contribution in [-0.2, 0) is 10.0 Å². The van der Waals surface area contributed by atoms with Crippen LogP contribution in [0.1, 0.15) is 12.8 Å². The number of rotatable bonds is 3. The number of nitrogens with zero attached hydrogens (tertiary/aromatic N) is 4. The molecule has 1 saturated heterocycles. The predicted octanol–water partition coefficient (Wildman–Crippen LogP) is 1.76. The number of hydrogen-bond donors (Lipinski definition) is 1. The summed E-state index contributed by atoms with van der Waals surface area (Å²) in [6, 6.07) is 10.3. The molecule has 0 amide bonds. The van der Waals surface area contributed by atoms with Gasteiger partial charge in [0.1, 0.15) is 0 Å². The largest absolute Gasteiger partial charge is 0.398 e. The first-order valence-electron chi connectivity index (χ1n) is 7.76. The zero-order valence-corrected chi connectivity index (χ0v) is 13.8. The van der Waals surface area contributed by atoms with Crippen LogP contribution in [0.3, 0.4) is 0 Å². The molecule has 4 rings (SSSR count). The standard InChI is InChI=1S/C16H17N5O2S/c17-13-5-8-15-18-19-16(21(15)11-13)12-3-6-14(7-4-12)24(22,23)20-9-1-2-10-20/h3-8,11H,1-2,9-10,17H2. The van der Waals surface area contributed by atoms with E-state index in [1.165, 1.54) is 4.31 Å². The smallest absolute Gasteiger partial charge is 0.243 e. The molecule has 7 nitrogen and oxygen atoms in total. The highest BCUT2D eigenvalue weighted by atomic mass is 32.2. The van der Waals surface area contributed by atoms with Gasteiger partial charge in [-0.1, -0.05) is 0 Å². The van der Waals surface area contributed by atoms with E-state index in [9.17, 15) is 8.42 Å². The lowest BCUT2D eigenvalue weighted by Gasteiger charge is -2.15. The number of nitrogen functional groups attached to an aromatic ring is 1. The summed E-state index contributed by atoms with van der Waals surface area (Å²) in [4.78, 5) is 0.307. The highest BCUT2D eigenvalue weighted by Gasteiger charge is 2.27. The van der Waals surface area contributed by atoms with Gasteiger partial charge in [-0.3, -0.25) is 4.40 Å². The number of nitrogens with two attached hydrogens (primary N) is 1. The summed E-state index contributed by atoms with van der Waals surface area (Å²) < 4.78 is 28.5.